The van der Waals surface area contributed by atoms with Crippen molar-refractivity contribution in [2.75, 3.05) is 32.7 Å². The Morgan fingerprint density at radius 1 is 0.837 bits per heavy atom. The lowest BCUT2D eigenvalue weighted by atomic mass is 10.1. The number of ketones is 1. The van der Waals surface area contributed by atoms with E-state index in [4.69, 9.17) is 15.2 Å². The lowest BCUT2D eigenvalue weighted by Crippen LogP contribution is -2.50. The summed E-state index contributed by atoms with van der Waals surface area (Å²) in [7, 11) is 0. The number of fused-ring (bicyclic) bond motifs is 1. The number of hydrogen-bond donors (Lipinski definition) is 3. The van der Waals surface area contributed by atoms with Gasteiger partial charge in [0.15, 0.2) is 5.78 Å². The second-order valence-corrected chi connectivity index (χ2v) is 10.8. The largest absolute Gasteiger partial charge is 0.478 e. The Balaban J connectivity index is 0.000000467. The maximum Gasteiger partial charge on any atom is 0.328 e. The van der Waals surface area contributed by atoms with Crippen LogP contribution in [-0.2, 0) is 27.5 Å². The summed E-state index contributed by atoms with van der Waals surface area (Å²) in [6.45, 7) is 5.42. The van der Waals surface area contributed by atoms with Crippen LogP contribution < -0.4 is 5.32 Å². The van der Waals surface area contributed by atoms with Crippen molar-refractivity contribution < 1.29 is 29.4 Å². The molecule has 2 aromatic carbocycles. The van der Waals surface area contributed by atoms with Crippen molar-refractivity contribution in [3.05, 3.63) is 78.1 Å². The van der Waals surface area contributed by atoms with Gasteiger partial charge < -0.3 is 20.1 Å². The highest BCUT2D eigenvalue weighted by atomic mass is 16.4. The van der Waals surface area contributed by atoms with Crippen LogP contribution in [-0.4, -0.2) is 92.0 Å². The van der Waals surface area contributed by atoms with Crippen molar-refractivity contribution in [2.24, 2.45) is 0 Å². The number of aromatic nitrogens is 2. The quantitative estimate of drug-likeness (QED) is 0.227. The van der Waals surface area contributed by atoms with Crippen LogP contribution in [0.5, 0.6) is 0 Å². The Morgan fingerprint density at radius 3 is 2.09 bits per heavy atom. The number of rotatable bonds is 11. The van der Waals surface area contributed by atoms with E-state index in [1.165, 1.54) is 12.8 Å². The molecule has 3 N–H and O–H groups in total. The zero-order valence-corrected chi connectivity index (χ0v) is 24.2. The van der Waals surface area contributed by atoms with E-state index in [-0.39, 0.29) is 11.7 Å². The van der Waals surface area contributed by atoms with Crippen molar-refractivity contribution in [3.63, 3.8) is 0 Å². The first-order valence-electron chi connectivity index (χ1n) is 14.7. The van der Waals surface area contributed by atoms with Gasteiger partial charge in [-0.25, -0.2) is 14.6 Å². The number of carboxylic acid groups (broad SMARTS) is 2. The van der Waals surface area contributed by atoms with Gasteiger partial charge in [0.25, 0.3) is 0 Å². The molecule has 5 rings (SSSR count). The number of carboxylic acids is 2. The second kappa shape index (κ2) is 15.8. The summed E-state index contributed by atoms with van der Waals surface area (Å²) >= 11 is 0. The number of para-hydroxylation sites is 2. The number of piperazine rings is 1. The summed E-state index contributed by atoms with van der Waals surface area (Å²) in [4.78, 5) is 53.8. The number of Topliss-reactive ketones (excluding diaryl/α,β-unsaturated/α-hetero) is 1. The molecule has 0 radical (unpaired) electrons. The molecule has 0 atom stereocenters. The van der Waals surface area contributed by atoms with Crippen molar-refractivity contribution in [3.8, 4) is 0 Å². The Labute approximate surface area is 250 Å². The molecule has 1 aliphatic carbocycles. The lowest BCUT2D eigenvalue weighted by Gasteiger charge is -2.34. The van der Waals surface area contributed by atoms with Gasteiger partial charge >= 0.3 is 11.9 Å². The fraction of sp³-hybridized carbons (Fsp3) is 0.406. The molecular formula is C32H39N5O6. The molecule has 1 saturated heterocycles. The van der Waals surface area contributed by atoms with Crippen LogP contribution in [0.1, 0.15) is 48.3 Å². The number of carbonyl (C=O) groups excluding carboxylic acids is 2. The Morgan fingerprint density at radius 2 is 1.44 bits per heavy atom. The number of nitrogens with zero attached hydrogens (tertiary/aromatic N) is 4. The molecular weight excluding hydrogens is 550 g/mol. The van der Waals surface area contributed by atoms with Crippen LogP contribution in [0.3, 0.4) is 0 Å². The van der Waals surface area contributed by atoms with Crippen LogP contribution in [0.4, 0.5) is 0 Å². The molecule has 2 heterocycles. The molecule has 0 spiro atoms. The summed E-state index contributed by atoms with van der Waals surface area (Å²) in [5.41, 5.74) is 2.80. The smallest absolute Gasteiger partial charge is 0.328 e. The van der Waals surface area contributed by atoms with Gasteiger partial charge in [0.05, 0.1) is 24.1 Å². The molecule has 43 heavy (non-hydrogen) atoms. The van der Waals surface area contributed by atoms with Gasteiger partial charge in [-0.3, -0.25) is 19.4 Å². The minimum Gasteiger partial charge on any atom is -0.478 e. The van der Waals surface area contributed by atoms with E-state index in [2.05, 4.69) is 25.8 Å². The fourth-order valence-electron chi connectivity index (χ4n) is 5.47. The van der Waals surface area contributed by atoms with Crippen LogP contribution in [0.2, 0.25) is 0 Å². The summed E-state index contributed by atoms with van der Waals surface area (Å²) in [5, 5.41) is 18.8. The van der Waals surface area contributed by atoms with Gasteiger partial charge in [0, 0.05) is 62.9 Å². The number of amides is 1. The van der Waals surface area contributed by atoms with Crippen molar-refractivity contribution in [1.82, 2.24) is 24.7 Å². The minimum absolute atomic E-state index is 0.152. The van der Waals surface area contributed by atoms with E-state index >= 15 is 0 Å². The average molecular weight is 590 g/mol. The summed E-state index contributed by atoms with van der Waals surface area (Å²) in [5.74, 6) is -1.20. The van der Waals surface area contributed by atoms with E-state index in [9.17, 15) is 19.2 Å². The maximum absolute atomic E-state index is 12.7. The third-order valence-corrected chi connectivity index (χ3v) is 7.68. The van der Waals surface area contributed by atoms with E-state index in [0.717, 1.165) is 68.0 Å². The Kier molecular flexibility index (Phi) is 11.6. The fourth-order valence-corrected chi connectivity index (χ4v) is 5.47. The normalized spacial score (nSPS) is 16.2. The van der Waals surface area contributed by atoms with Crippen LogP contribution in [0.25, 0.3) is 11.0 Å². The minimum atomic E-state index is -1.26. The summed E-state index contributed by atoms with van der Waals surface area (Å²) < 4.78 is 2.21. The highest BCUT2D eigenvalue weighted by molar-refractivity contribution is 5.96. The lowest BCUT2D eigenvalue weighted by molar-refractivity contribution is -0.134. The Bertz CT molecular complexity index is 1410. The molecule has 228 valence electrons. The molecule has 11 nitrogen and oxygen atoms in total. The zero-order chi connectivity index (χ0) is 30.6. The van der Waals surface area contributed by atoms with E-state index in [1.54, 1.807) is 0 Å². The van der Waals surface area contributed by atoms with Gasteiger partial charge in [-0.2, -0.15) is 0 Å². The van der Waals surface area contributed by atoms with Gasteiger partial charge in [-0.05, 0) is 25.0 Å². The van der Waals surface area contributed by atoms with Gasteiger partial charge in [0.2, 0.25) is 5.91 Å². The number of benzene rings is 2. The number of aryl methyl sites for hydroxylation is 1. The first-order valence-corrected chi connectivity index (χ1v) is 14.7. The molecule has 1 amide bonds. The first kappa shape index (κ1) is 31.6. The second-order valence-electron chi connectivity index (χ2n) is 10.8. The van der Waals surface area contributed by atoms with Crippen molar-refractivity contribution in [2.45, 2.75) is 51.2 Å². The zero-order valence-electron chi connectivity index (χ0n) is 24.2. The predicted molar refractivity (Wildman–Crippen MR) is 162 cm³/mol. The van der Waals surface area contributed by atoms with Gasteiger partial charge in [-0.15, -0.1) is 0 Å². The molecule has 1 aliphatic heterocycles. The predicted octanol–water partition coefficient (Wildman–Crippen LogP) is 3.20. The highest BCUT2D eigenvalue weighted by Crippen LogP contribution is 2.20. The average Bonchev–Trinajstić information content (AvgIpc) is 3.64. The van der Waals surface area contributed by atoms with Crippen LogP contribution in [0.15, 0.2) is 66.7 Å². The first-order chi connectivity index (χ1) is 20.8. The number of aliphatic carboxylic acids is 2. The molecule has 1 saturated carbocycles. The number of imidazole rings is 1. The molecule has 0 bridgehead atoms. The van der Waals surface area contributed by atoms with E-state index in [1.807, 2.05) is 48.5 Å². The summed E-state index contributed by atoms with van der Waals surface area (Å²) in [6.07, 6.45) is 6.27. The van der Waals surface area contributed by atoms with E-state index in [0.29, 0.717) is 37.7 Å². The number of hydrogen-bond acceptors (Lipinski definition) is 7. The van der Waals surface area contributed by atoms with Crippen LogP contribution >= 0.6 is 0 Å². The third kappa shape index (κ3) is 9.86. The van der Waals surface area contributed by atoms with Gasteiger partial charge in [-0.1, -0.05) is 55.3 Å². The molecule has 3 aromatic rings. The monoisotopic (exact) mass is 589 g/mol. The van der Waals surface area contributed by atoms with Crippen molar-refractivity contribution >= 4 is 34.7 Å². The maximum atomic E-state index is 12.7. The Hall–Kier alpha value is -4.35. The molecule has 2 aliphatic rings. The standard InChI is InChI=1S/C28H35N5O2.C4H4O4/c34-26(22-8-2-1-3-9-22)14-15-33-25-13-7-6-12-24(25)30-27(33)20-31-16-18-32(19-17-31)21-28(35)29-23-10-4-5-11-23;5-3(6)1-2-4(7)8/h1-3,6-9,12-13,23H,4-5,10-11,14-21H2,(H,29,35);1-2H,(H,5,6)(H,7,8)/b;2-1-. The third-order valence-electron chi connectivity index (χ3n) is 7.68. The molecule has 2 fully saturated rings. The summed E-state index contributed by atoms with van der Waals surface area (Å²) in [6, 6.07) is 18.0. The molecule has 11 heteroatoms. The molecule has 0 unspecified atom stereocenters. The number of carbonyl (C=O) groups is 4. The van der Waals surface area contributed by atoms with E-state index < -0.39 is 11.9 Å². The van der Waals surface area contributed by atoms with Crippen molar-refractivity contribution in [1.29, 1.82) is 0 Å². The topological polar surface area (TPSA) is 145 Å². The van der Waals surface area contributed by atoms with Gasteiger partial charge in [0.1, 0.15) is 5.82 Å². The molecule has 1 aromatic heterocycles. The van der Waals surface area contributed by atoms with Crippen LogP contribution in [0, 0.1) is 0 Å². The number of nitrogens with one attached hydrogen (secondary N) is 1. The SMILES string of the molecule is O=C(CN1CCN(Cc2nc3ccccc3n2CCC(=O)c2ccccc2)CC1)NC1CCCC1.O=C(O)/C=C\C(=O)O. The highest BCUT2D eigenvalue weighted by Gasteiger charge is 2.23.